The fourth-order valence-electron chi connectivity index (χ4n) is 1.69. The van der Waals surface area contributed by atoms with E-state index < -0.39 is 0 Å². The molecule has 0 radical (unpaired) electrons. The maximum atomic E-state index is 11.6. The van der Waals surface area contributed by atoms with Crippen molar-refractivity contribution in [1.29, 1.82) is 0 Å². The molecule has 0 heterocycles. The number of hydrogen-bond acceptors (Lipinski definition) is 3. The first-order valence-corrected chi connectivity index (χ1v) is 6.53. The molecule has 0 amide bonds. The molecule has 0 saturated heterocycles. The van der Waals surface area contributed by atoms with Crippen molar-refractivity contribution in [2.24, 2.45) is 0 Å². The summed E-state index contributed by atoms with van der Waals surface area (Å²) in [7, 11) is 1.79. The number of unbranched alkanes of at least 4 members (excludes halogenated alkanes) is 3. The highest BCUT2D eigenvalue weighted by Gasteiger charge is 2.17. The van der Waals surface area contributed by atoms with Crippen LogP contribution in [0.3, 0.4) is 0 Å². The lowest BCUT2D eigenvalue weighted by Gasteiger charge is -2.17. The summed E-state index contributed by atoms with van der Waals surface area (Å²) in [5.41, 5.74) is 0. The van der Waals surface area contributed by atoms with Crippen LogP contribution in [0.25, 0.3) is 0 Å². The first kappa shape index (κ1) is 15.4. The van der Waals surface area contributed by atoms with E-state index in [2.05, 4.69) is 12.2 Å². The Morgan fingerprint density at radius 1 is 1.25 bits per heavy atom. The normalized spacial score (nSPS) is 14.5. The highest BCUT2D eigenvalue weighted by Crippen LogP contribution is 2.09. The molecular formula is C13H27NO2. The van der Waals surface area contributed by atoms with Crippen LogP contribution in [-0.4, -0.2) is 25.2 Å². The average Bonchev–Trinajstić information content (AvgIpc) is 2.26. The maximum absolute atomic E-state index is 11.6. The first-order chi connectivity index (χ1) is 7.65. The van der Waals surface area contributed by atoms with Gasteiger partial charge in [-0.3, -0.25) is 4.79 Å². The summed E-state index contributed by atoms with van der Waals surface area (Å²) < 4.78 is 5.37. The molecule has 0 aliphatic carbocycles. The van der Waals surface area contributed by atoms with E-state index in [1.807, 2.05) is 13.8 Å². The second kappa shape index (κ2) is 9.64. The molecule has 3 nitrogen and oxygen atoms in total. The minimum atomic E-state index is -0.155. The number of hydrogen-bond donors (Lipinski definition) is 1. The zero-order valence-corrected chi connectivity index (χ0v) is 11.2. The Hall–Kier alpha value is -0.570. The van der Waals surface area contributed by atoms with Gasteiger partial charge in [-0.2, -0.15) is 0 Å². The summed E-state index contributed by atoms with van der Waals surface area (Å²) in [5.74, 6) is -0.118. The van der Waals surface area contributed by atoms with Gasteiger partial charge in [-0.25, -0.2) is 0 Å². The number of carbonyl (C=O) groups excluding carboxylic acids is 1. The SMILES string of the molecule is CCCCCCC(C)OC(=O)C(CC)NC. The predicted molar refractivity (Wildman–Crippen MR) is 67.5 cm³/mol. The number of ether oxygens (including phenoxy) is 1. The van der Waals surface area contributed by atoms with Gasteiger partial charge in [0.1, 0.15) is 6.04 Å². The third-order valence-electron chi connectivity index (χ3n) is 2.82. The van der Waals surface area contributed by atoms with E-state index in [1.165, 1.54) is 19.3 Å². The van der Waals surface area contributed by atoms with E-state index in [0.717, 1.165) is 19.3 Å². The minimum absolute atomic E-state index is 0.0479. The molecule has 0 bridgehead atoms. The van der Waals surface area contributed by atoms with Crippen LogP contribution in [0, 0.1) is 0 Å². The van der Waals surface area contributed by atoms with Gasteiger partial charge in [0.15, 0.2) is 0 Å². The van der Waals surface area contributed by atoms with Crippen LogP contribution >= 0.6 is 0 Å². The van der Waals surface area contributed by atoms with Crippen LogP contribution in [0.1, 0.15) is 59.3 Å². The molecule has 96 valence electrons. The van der Waals surface area contributed by atoms with Crippen molar-refractivity contribution in [3.8, 4) is 0 Å². The van der Waals surface area contributed by atoms with Gasteiger partial charge in [-0.1, -0.05) is 33.1 Å². The fraction of sp³-hybridized carbons (Fsp3) is 0.923. The van der Waals surface area contributed by atoms with E-state index >= 15 is 0 Å². The Balaban J connectivity index is 3.68. The molecule has 0 aromatic rings. The topological polar surface area (TPSA) is 38.3 Å². The summed E-state index contributed by atoms with van der Waals surface area (Å²) in [5, 5.41) is 2.96. The number of carbonyl (C=O) groups is 1. The van der Waals surface area contributed by atoms with Crippen molar-refractivity contribution in [3.05, 3.63) is 0 Å². The minimum Gasteiger partial charge on any atom is -0.462 e. The van der Waals surface area contributed by atoms with Gasteiger partial charge >= 0.3 is 5.97 Å². The Morgan fingerprint density at radius 2 is 1.94 bits per heavy atom. The van der Waals surface area contributed by atoms with Crippen molar-refractivity contribution in [3.63, 3.8) is 0 Å². The van der Waals surface area contributed by atoms with E-state index in [4.69, 9.17) is 4.74 Å². The van der Waals surface area contributed by atoms with Crippen molar-refractivity contribution in [2.75, 3.05) is 7.05 Å². The van der Waals surface area contributed by atoms with Crippen LogP contribution in [0.5, 0.6) is 0 Å². The van der Waals surface area contributed by atoms with Crippen LogP contribution in [-0.2, 0) is 9.53 Å². The summed E-state index contributed by atoms with van der Waals surface area (Å²) in [6, 6.07) is -0.155. The number of rotatable bonds is 9. The monoisotopic (exact) mass is 229 g/mol. The molecule has 16 heavy (non-hydrogen) atoms. The molecule has 0 aliphatic heterocycles. The van der Waals surface area contributed by atoms with Gasteiger partial charge in [0, 0.05) is 0 Å². The molecule has 0 spiro atoms. The zero-order chi connectivity index (χ0) is 12.4. The summed E-state index contributed by atoms with van der Waals surface area (Å²) in [4.78, 5) is 11.6. The lowest BCUT2D eigenvalue weighted by Crippen LogP contribution is -2.36. The molecular weight excluding hydrogens is 202 g/mol. The van der Waals surface area contributed by atoms with Crippen molar-refractivity contribution in [2.45, 2.75) is 71.4 Å². The third-order valence-corrected chi connectivity index (χ3v) is 2.82. The van der Waals surface area contributed by atoms with Gasteiger partial charge < -0.3 is 10.1 Å². The lowest BCUT2D eigenvalue weighted by molar-refractivity contribution is -0.151. The summed E-state index contributed by atoms with van der Waals surface area (Å²) >= 11 is 0. The molecule has 0 saturated carbocycles. The van der Waals surface area contributed by atoms with Gasteiger partial charge in [0.05, 0.1) is 6.10 Å². The van der Waals surface area contributed by atoms with Crippen molar-refractivity contribution >= 4 is 5.97 Å². The summed E-state index contributed by atoms with van der Waals surface area (Å²) in [6.07, 6.45) is 6.71. The molecule has 0 aromatic carbocycles. The zero-order valence-electron chi connectivity index (χ0n) is 11.2. The van der Waals surface area contributed by atoms with Gasteiger partial charge in [-0.05, 0) is 33.2 Å². The van der Waals surface area contributed by atoms with Crippen molar-refractivity contribution < 1.29 is 9.53 Å². The molecule has 1 N–H and O–H groups in total. The molecule has 2 atom stereocenters. The fourth-order valence-corrected chi connectivity index (χ4v) is 1.69. The number of likely N-dealkylation sites (N-methyl/N-ethyl adjacent to an activating group) is 1. The van der Waals surface area contributed by atoms with Crippen LogP contribution in [0.2, 0.25) is 0 Å². The van der Waals surface area contributed by atoms with Crippen LogP contribution < -0.4 is 5.32 Å². The highest BCUT2D eigenvalue weighted by molar-refractivity contribution is 5.75. The van der Waals surface area contributed by atoms with E-state index in [0.29, 0.717) is 0 Å². The largest absolute Gasteiger partial charge is 0.462 e. The van der Waals surface area contributed by atoms with Gasteiger partial charge in [0.25, 0.3) is 0 Å². The number of nitrogens with one attached hydrogen (secondary N) is 1. The number of esters is 1. The second-order valence-corrected chi connectivity index (χ2v) is 4.35. The van der Waals surface area contributed by atoms with E-state index in [1.54, 1.807) is 7.05 Å². The Bertz CT molecular complexity index is 179. The smallest absolute Gasteiger partial charge is 0.323 e. The highest BCUT2D eigenvalue weighted by atomic mass is 16.5. The molecule has 0 aromatic heterocycles. The molecule has 0 rings (SSSR count). The quantitative estimate of drug-likeness (QED) is 0.488. The predicted octanol–water partition coefficient (Wildman–Crippen LogP) is 2.89. The molecule has 0 aliphatic rings. The molecule has 0 fully saturated rings. The third kappa shape index (κ3) is 6.83. The molecule has 3 heteroatoms. The molecule has 2 unspecified atom stereocenters. The first-order valence-electron chi connectivity index (χ1n) is 6.53. The standard InChI is InChI=1S/C13H27NO2/c1-5-7-8-9-10-11(3)16-13(15)12(6-2)14-4/h11-12,14H,5-10H2,1-4H3. The van der Waals surface area contributed by atoms with E-state index in [9.17, 15) is 4.79 Å². The van der Waals surface area contributed by atoms with Crippen molar-refractivity contribution in [1.82, 2.24) is 5.32 Å². The van der Waals surface area contributed by atoms with Gasteiger partial charge in [-0.15, -0.1) is 0 Å². The summed E-state index contributed by atoms with van der Waals surface area (Å²) in [6.45, 7) is 6.16. The lowest BCUT2D eigenvalue weighted by atomic mass is 10.1. The maximum Gasteiger partial charge on any atom is 0.323 e. The van der Waals surface area contributed by atoms with Crippen LogP contribution in [0.15, 0.2) is 0 Å². The van der Waals surface area contributed by atoms with E-state index in [-0.39, 0.29) is 18.1 Å². The Kier molecular flexibility index (Phi) is 9.30. The van der Waals surface area contributed by atoms with Gasteiger partial charge in [0.2, 0.25) is 0 Å². The van der Waals surface area contributed by atoms with Crippen LogP contribution in [0.4, 0.5) is 0 Å². The Morgan fingerprint density at radius 3 is 2.44 bits per heavy atom. The Labute approximate surface area is 99.9 Å². The average molecular weight is 229 g/mol. The second-order valence-electron chi connectivity index (χ2n) is 4.35.